The number of nitrogens with one attached hydrogen (secondary N) is 1. The summed E-state index contributed by atoms with van der Waals surface area (Å²) in [6, 6.07) is 10.7. The van der Waals surface area contributed by atoms with Crippen LogP contribution in [0, 0.1) is 24.7 Å². The Morgan fingerprint density at radius 3 is 2.61 bits per heavy atom. The van der Waals surface area contributed by atoms with Gasteiger partial charge in [-0.15, -0.1) is 10.2 Å². The van der Waals surface area contributed by atoms with E-state index in [2.05, 4.69) is 62.6 Å². The van der Waals surface area contributed by atoms with Crippen LogP contribution >= 0.6 is 0 Å². The molecule has 2 bridgehead atoms. The van der Waals surface area contributed by atoms with Crippen molar-refractivity contribution in [3.05, 3.63) is 59.7 Å². The van der Waals surface area contributed by atoms with Crippen molar-refractivity contribution < 1.29 is 0 Å². The molecule has 2 aromatic rings. The summed E-state index contributed by atoms with van der Waals surface area (Å²) in [6.07, 6.45) is 7.51. The first-order valence-corrected chi connectivity index (χ1v) is 8.55. The maximum atomic E-state index is 4.42. The third-order valence-electron chi connectivity index (χ3n) is 5.52. The Morgan fingerprint density at radius 1 is 1.17 bits per heavy atom. The first kappa shape index (κ1) is 14.6. The van der Waals surface area contributed by atoms with Crippen LogP contribution < -0.4 is 5.32 Å². The number of hydrogen-bond acceptors (Lipinski definition) is 3. The monoisotopic (exact) mass is 308 g/mol. The fraction of sp³-hybridized carbons (Fsp3) is 0.474. The lowest BCUT2D eigenvalue weighted by molar-refractivity contribution is 0.393. The number of benzene rings is 1. The second kappa shape index (κ2) is 5.93. The van der Waals surface area contributed by atoms with Crippen LogP contribution in [0.5, 0.6) is 0 Å². The van der Waals surface area contributed by atoms with Crippen molar-refractivity contribution in [1.82, 2.24) is 20.1 Å². The summed E-state index contributed by atoms with van der Waals surface area (Å²) >= 11 is 0. The number of nitrogens with zero attached hydrogens (tertiary/aromatic N) is 3. The number of hydrogen-bond donors (Lipinski definition) is 1. The smallest absolute Gasteiger partial charge is 0.154 e. The molecule has 0 unspecified atom stereocenters. The molecule has 120 valence electrons. The first-order chi connectivity index (χ1) is 11.2. The summed E-state index contributed by atoms with van der Waals surface area (Å²) in [7, 11) is 2.04. The summed E-state index contributed by atoms with van der Waals surface area (Å²) in [6.45, 7) is 3.04. The second-order valence-corrected chi connectivity index (χ2v) is 6.96. The molecule has 4 atom stereocenters. The van der Waals surface area contributed by atoms with E-state index >= 15 is 0 Å². The van der Waals surface area contributed by atoms with Crippen LogP contribution in [0.2, 0.25) is 0 Å². The fourth-order valence-electron chi connectivity index (χ4n) is 4.08. The molecular formula is C19H24N4. The SMILES string of the molecule is Cc1nnc([C@H](NC[C@@H]2C[C@H]3C=C[C@H]2C3)c2ccccc2)n1C. The molecule has 1 heterocycles. The maximum Gasteiger partial charge on any atom is 0.154 e. The van der Waals surface area contributed by atoms with Gasteiger partial charge in [-0.1, -0.05) is 42.5 Å². The summed E-state index contributed by atoms with van der Waals surface area (Å²) < 4.78 is 2.09. The van der Waals surface area contributed by atoms with Crippen LogP contribution in [0.25, 0.3) is 0 Å². The highest BCUT2D eigenvalue weighted by Crippen LogP contribution is 2.43. The molecule has 1 aromatic heterocycles. The second-order valence-electron chi connectivity index (χ2n) is 6.96. The standard InChI is InChI=1S/C19H24N4/c1-13-21-22-19(23(13)2)18(15-6-4-3-5-7-15)20-12-17-11-14-8-9-16(17)10-14/h3-9,14,16-18,20H,10-12H2,1-2H3/t14-,16-,17-,18+/m0/s1. The molecule has 1 saturated carbocycles. The summed E-state index contributed by atoms with van der Waals surface area (Å²) in [5.74, 6) is 4.28. The zero-order chi connectivity index (χ0) is 15.8. The number of allylic oxidation sites excluding steroid dienone is 2. The predicted molar refractivity (Wildman–Crippen MR) is 90.9 cm³/mol. The lowest BCUT2D eigenvalue weighted by atomic mass is 9.93. The Morgan fingerprint density at radius 2 is 2.00 bits per heavy atom. The number of fused-ring (bicyclic) bond motifs is 2. The van der Waals surface area contributed by atoms with Crippen molar-refractivity contribution in [2.75, 3.05) is 6.54 Å². The van der Waals surface area contributed by atoms with E-state index in [9.17, 15) is 0 Å². The van der Waals surface area contributed by atoms with Gasteiger partial charge in [-0.25, -0.2) is 0 Å². The van der Waals surface area contributed by atoms with Crippen LogP contribution in [0.3, 0.4) is 0 Å². The molecule has 2 aliphatic rings. The Balaban J connectivity index is 1.56. The van der Waals surface area contributed by atoms with E-state index in [0.717, 1.165) is 35.9 Å². The summed E-state index contributed by atoms with van der Waals surface area (Å²) in [5, 5.41) is 12.4. The molecule has 0 saturated heterocycles. The minimum absolute atomic E-state index is 0.102. The van der Waals surface area contributed by atoms with E-state index in [1.54, 1.807) is 0 Å². The van der Waals surface area contributed by atoms with Crippen LogP contribution in [0.4, 0.5) is 0 Å². The highest BCUT2D eigenvalue weighted by atomic mass is 15.3. The Bertz CT molecular complexity index is 703. The van der Waals surface area contributed by atoms with Gasteiger partial charge >= 0.3 is 0 Å². The van der Waals surface area contributed by atoms with Gasteiger partial charge in [0.05, 0.1) is 6.04 Å². The molecule has 0 spiro atoms. The summed E-state index contributed by atoms with van der Waals surface area (Å²) in [4.78, 5) is 0. The van der Waals surface area contributed by atoms with Crippen molar-refractivity contribution in [3.8, 4) is 0 Å². The molecule has 0 amide bonds. The lowest BCUT2D eigenvalue weighted by Gasteiger charge is -2.24. The number of rotatable bonds is 5. The molecule has 0 aliphatic heterocycles. The van der Waals surface area contributed by atoms with Crippen LogP contribution in [0.1, 0.15) is 36.1 Å². The molecular weight excluding hydrogens is 284 g/mol. The molecule has 0 radical (unpaired) electrons. The van der Waals surface area contributed by atoms with Gasteiger partial charge in [-0.2, -0.15) is 0 Å². The van der Waals surface area contributed by atoms with Crippen molar-refractivity contribution in [2.24, 2.45) is 24.8 Å². The van der Waals surface area contributed by atoms with Crippen molar-refractivity contribution in [3.63, 3.8) is 0 Å². The zero-order valence-electron chi connectivity index (χ0n) is 13.8. The maximum absolute atomic E-state index is 4.42. The molecule has 4 rings (SSSR count). The third kappa shape index (κ3) is 2.72. The van der Waals surface area contributed by atoms with E-state index < -0.39 is 0 Å². The quantitative estimate of drug-likeness (QED) is 0.864. The minimum atomic E-state index is 0.102. The van der Waals surface area contributed by atoms with E-state index in [0.29, 0.717) is 0 Å². The average molecular weight is 308 g/mol. The van der Waals surface area contributed by atoms with Gasteiger partial charge in [0, 0.05) is 7.05 Å². The minimum Gasteiger partial charge on any atom is -0.317 e. The van der Waals surface area contributed by atoms with Crippen molar-refractivity contribution >= 4 is 0 Å². The molecule has 1 N–H and O–H groups in total. The number of aromatic nitrogens is 3. The summed E-state index contributed by atoms with van der Waals surface area (Å²) in [5.41, 5.74) is 1.25. The van der Waals surface area contributed by atoms with Crippen LogP contribution in [-0.2, 0) is 7.05 Å². The largest absolute Gasteiger partial charge is 0.317 e. The number of aryl methyl sites for hydroxylation is 1. The van der Waals surface area contributed by atoms with Gasteiger partial charge in [0.2, 0.25) is 0 Å². The van der Waals surface area contributed by atoms with Gasteiger partial charge in [-0.05, 0) is 49.6 Å². The predicted octanol–water partition coefficient (Wildman–Crippen LogP) is 3.01. The van der Waals surface area contributed by atoms with Crippen LogP contribution in [0.15, 0.2) is 42.5 Å². The molecule has 4 nitrogen and oxygen atoms in total. The van der Waals surface area contributed by atoms with E-state index in [-0.39, 0.29) is 6.04 Å². The van der Waals surface area contributed by atoms with Crippen molar-refractivity contribution in [1.29, 1.82) is 0 Å². The van der Waals surface area contributed by atoms with Gasteiger partial charge in [0.15, 0.2) is 5.82 Å². The average Bonchev–Trinajstić information content (AvgIpc) is 3.28. The topological polar surface area (TPSA) is 42.7 Å². The van der Waals surface area contributed by atoms with E-state index in [1.165, 1.54) is 18.4 Å². The lowest BCUT2D eigenvalue weighted by Crippen LogP contribution is -2.31. The highest BCUT2D eigenvalue weighted by Gasteiger charge is 2.35. The Hall–Kier alpha value is -1.94. The van der Waals surface area contributed by atoms with Crippen LogP contribution in [-0.4, -0.2) is 21.3 Å². The molecule has 1 fully saturated rings. The Kier molecular flexibility index (Phi) is 3.77. The fourth-order valence-corrected chi connectivity index (χ4v) is 4.08. The van der Waals surface area contributed by atoms with Gasteiger partial charge < -0.3 is 9.88 Å². The highest BCUT2D eigenvalue weighted by molar-refractivity contribution is 5.25. The van der Waals surface area contributed by atoms with Gasteiger partial charge in [-0.3, -0.25) is 0 Å². The van der Waals surface area contributed by atoms with Gasteiger partial charge in [0.25, 0.3) is 0 Å². The molecule has 23 heavy (non-hydrogen) atoms. The molecule has 1 aromatic carbocycles. The van der Waals surface area contributed by atoms with Gasteiger partial charge in [0.1, 0.15) is 5.82 Å². The molecule has 4 heteroatoms. The van der Waals surface area contributed by atoms with E-state index in [1.807, 2.05) is 14.0 Å². The van der Waals surface area contributed by atoms with E-state index in [4.69, 9.17) is 0 Å². The molecule has 2 aliphatic carbocycles. The third-order valence-corrected chi connectivity index (χ3v) is 5.52. The first-order valence-electron chi connectivity index (χ1n) is 8.55. The normalized spacial score (nSPS) is 26.8. The Labute approximate surface area is 137 Å². The zero-order valence-corrected chi connectivity index (χ0v) is 13.8. The van der Waals surface area contributed by atoms with Crippen molar-refractivity contribution in [2.45, 2.75) is 25.8 Å².